The van der Waals surface area contributed by atoms with E-state index in [2.05, 4.69) is 0 Å². The van der Waals surface area contributed by atoms with E-state index >= 15 is 0 Å². The predicted octanol–water partition coefficient (Wildman–Crippen LogP) is 1.90. The molecule has 0 radical (unpaired) electrons. The number of hydrogen-bond acceptors (Lipinski definition) is 4. The minimum Gasteiger partial charge on any atom is -0.385 e. The zero-order chi connectivity index (χ0) is 13.3. The molecule has 2 saturated heterocycles. The van der Waals surface area contributed by atoms with Crippen molar-refractivity contribution in [3.05, 3.63) is 35.4 Å². The number of hydrogen-bond donors (Lipinski definition) is 1. The first kappa shape index (κ1) is 13.1. The van der Waals surface area contributed by atoms with E-state index in [4.69, 9.17) is 14.2 Å². The maximum absolute atomic E-state index is 10.6. The largest absolute Gasteiger partial charge is 0.385 e. The molecule has 1 aromatic carbocycles. The monoisotopic (exact) mass is 264 g/mol. The highest BCUT2D eigenvalue weighted by atomic mass is 16.7. The first-order valence-corrected chi connectivity index (χ1v) is 6.82. The van der Waals surface area contributed by atoms with Gasteiger partial charge in [-0.25, -0.2) is 0 Å². The fourth-order valence-corrected chi connectivity index (χ4v) is 2.76. The number of rotatable bonds is 2. The van der Waals surface area contributed by atoms with Crippen molar-refractivity contribution in [3.63, 3.8) is 0 Å². The molecule has 2 aliphatic heterocycles. The first-order valence-electron chi connectivity index (χ1n) is 6.82. The molecular formula is C15H20O4. The standard InChI is InChI=1S/C15H20O4/c1-14(18-10-11-19-14)12-2-4-13(5-3-12)15(16)6-8-17-9-7-15/h2-5,16H,6-11H2,1H3. The molecule has 4 heteroatoms. The molecule has 0 atom stereocenters. The van der Waals surface area contributed by atoms with Gasteiger partial charge in [-0.1, -0.05) is 24.3 Å². The third-order valence-electron chi connectivity index (χ3n) is 4.10. The summed E-state index contributed by atoms with van der Waals surface area (Å²) in [5.74, 6) is -0.642. The average Bonchev–Trinajstić information content (AvgIpc) is 2.88. The second-order valence-corrected chi connectivity index (χ2v) is 5.36. The van der Waals surface area contributed by atoms with E-state index < -0.39 is 11.4 Å². The Morgan fingerprint density at radius 1 is 0.895 bits per heavy atom. The molecule has 0 aromatic heterocycles. The number of aliphatic hydroxyl groups is 1. The molecule has 2 heterocycles. The zero-order valence-corrected chi connectivity index (χ0v) is 11.2. The van der Waals surface area contributed by atoms with Crippen LogP contribution < -0.4 is 0 Å². The van der Waals surface area contributed by atoms with Gasteiger partial charge in [0.15, 0.2) is 5.79 Å². The second-order valence-electron chi connectivity index (χ2n) is 5.36. The van der Waals surface area contributed by atoms with E-state index in [1.807, 2.05) is 31.2 Å². The van der Waals surface area contributed by atoms with Crippen molar-refractivity contribution in [1.82, 2.24) is 0 Å². The van der Waals surface area contributed by atoms with Gasteiger partial charge in [-0.15, -0.1) is 0 Å². The smallest absolute Gasteiger partial charge is 0.192 e. The average molecular weight is 264 g/mol. The predicted molar refractivity (Wildman–Crippen MR) is 69.6 cm³/mol. The normalized spacial score (nSPS) is 25.4. The molecule has 1 N–H and O–H groups in total. The Bertz CT molecular complexity index is 428. The molecule has 2 aliphatic rings. The highest BCUT2D eigenvalue weighted by Crippen LogP contribution is 2.35. The topological polar surface area (TPSA) is 47.9 Å². The highest BCUT2D eigenvalue weighted by Gasteiger charge is 2.35. The summed E-state index contributed by atoms with van der Waals surface area (Å²) in [5.41, 5.74) is 1.18. The third-order valence-corrected chi connectivity index (χ3v) is 4.10. The van der Waals surface area contributed by atoms with Gasteiger partial charge in [0.05, 0.1) is 18.8 Å². The highest BCUT2D eigenvalue weighted by molar-refractivity contribution is 5.30. The second kappa shape index (κ2) is 4.87. The van der Waals surface area contributed by atoms with Crippen molar-refractivity contribution >= 4 is 0 Å². The molecule has 0 aliphatic carbocycles. The summed E-state index contributed by atoms with van der Waals surface area (Å²) in [5, 5.41) is 10.6. The van der Waals surface area contributed by atoms with Gasteiger partial charge in [0.1, 0.15) is 0 Å². The lowest BCUT2D eigenvalue weighted by molar-refractivity contribution is -0.149. The van der Waals surface area contributed by atoms with Crippen molar-refractivity contribution in [2.75, 3.05) is 26.4 Å². The molecule has 0 unspecified atom stereocenters. The van der Waals surface area contributed by atoms with E-state index in [0.29, 0.717) is 39.3 Å². The van der Waals surface area contributed by atoms with Crippen molar-refractivity contribution in [1.29, 1.82) is 0 Å². The summed E-state index contributed by atoms with van der Waals surface area (Å²) in [6, 6.07) is 7.90. The van der Waals surface area contributed by atoms with Crippen LogP contribution in [0.5, 0.6) is 0 Å². The molecular weight excluding hydrogens is 244 g/mol. The van der Waals surface area contributed by atoms with Crippen molar-refractivity contribution in [2.45, 2.75) is 31.2 Å². The summed E-state index contributed by atoms with van der Waals surface area (Å²) >= 11 is 0. The third kappa shape index (κ3) is 2.41. The van der Waals surface area contributed by atoms with Gasteiger partial charge >= 0.3 is 0 Å². The van der Waals surface area contributed by atoms with Crippen LogP contribution in [0.3, 0.4) is 0 Å². The zero-order valence-electron chi connectivity index (χ0n) is 11.2. The van der Waals surface area contributed by atoms with Crippen LogP contribution >= 0.6 is 0 Å². The van der Waals surface area contributed by atoms with Gasteiger partial charge in [0, 0.05) is 31.6 Å². The lowest BCUT2D eigenvalue weighted by Crippen LogP contribution is -2.33. The molecule has 2 fully saturated rings. The first-order chi connectivity index (χ1) is 9.12. The van der Waals surface area contributed by atoms with Crippen LogP contribution in [-0.2, 0) is 25.6 Å². The van der Waals surface area contributed by atoms with Crippen molar-refractivity contribution < 1.29 is 19.3 Å². The Labute approximate surface area is 113 Å². The Morgan fingerprint density at radius 2 is 1.42 bits per heavy atom. The Morgan fingerprint density at radius 3 is 2.00 bits per heavy atom. The minimum atomic E-state index is -0.755. The van der Waals surface area contributed by atoms with Crippen molar-refractivity contribution in [2.24, 2.45) is 0 Å². The molecule has 3 rings (SSSR count). The molecule has 1 aromatic rings. The molecule has 4 nitrogen and oxygen atoms in total. The summed E-state index contributed by atoms with van der Waals surface area (Å²) in [6.07, 6.45) is 1.30. The van der Waals surface area contributed by atoms with E-state index in [1.54, 1.807) is 0 Å². The minimum absolute atomic E-state index is 0.613. The maximum atomic E-state index is 10.6. The SMILES string of the molecule is CC1(c2ccc(C3(O)CCOCC3)cc2)OCCO1. The van der Waals surface area contributed by atoms with E-state index in [1.165, 1.54) is 0 Å². The number of ether oxygens (including phenoxy) is 3. The Balaban J connectivity index is 1.82. The van der Waals surface area contributed by atoms with Gasteiger partial charge in [0.2, 0.25) is 0 Å². The summed E-state index contributed by atoms with van der Waals surface area (Å²) < 4.78 is 16.6. The molecule has 0 saturated carbocycles. The fraction of sp³-hybridized carbons (Fsp3) is 0.600. The van der Waals surface area contributed by atoms with Crippen molar-refractivity contribution in [3.8, 4) is 0 Å². The molecule has 0 bridgehead atoms. The van der Waals surface area contributed by atoms with Crippen LogP contribution in [0.4, 0.5) is 0 Å². The van der Waals surface area contributed by atoms with Gasteiger partial charge in [0.25, 0.3) is 0 Å². The van der Waals surface area contributed by atoms with E-state index in [9.17, 15) is 5.11 Å². The molecule has 0 amide bonds. The van der Waals surface area contributed by atoms with Gasteiger partial charge in [-0.05, 0) is 12.5 Å². The van der Waals surface area contributed by atoms with Crippen LogP contribution in [0.2, 0.25) is 0 Å². The number of benzene rings is 1. The van der Waals surface area contributed by atoms with E-state index in [0.717, 1.165) is 11.1 Å². The lowest BCUT2D eigenvalue weighted by atomic mass is 9.86. The van der Waals surface area contributed by atoms with Crippen LogP contribution in [0, 0.1) is 0 Å². The Hall–Kier alpha value is -0.940. The molecule has 0 spiro atoms. The molecule has 19 heavy (non-hydrogen) atoms. The fourth-order valence-electron chi connectivity index (χ4n) is 2.76. The Kier molecular flexibility index (Phi) is 3.35. The van der Waals surface area contributed by atoms with Gasteiger partial charge < -0.3 is 19.3 Å². The quantitative estimate of drug-likeness (QED) is 0.886. The van der Waals surface area contributed by atoms with Gasteiger partial charge in [-0.3, -0.25) is 0 Å². The van der Waals surface area contributed by atoms with Crippen LogP contribution in [0.25, 0.3) is 0 Å². The lowest BCUT2D eigenvalue weighted by Gasteiger charge is -2.33. The van der Waals surface area contributed by atoms with E-state index in [-0.39, 0.29) is 0 Å². The van der Waals surface area contributed by atoms with Crippen LogP contribution in [0.1, 0.15) is 30.9 Å². The van der Waals surface area contributed by atoms with Crippen LogP contribution in [-0.4, -0.2) is 31.5 Å². The maximum Gasteiger partial charge on any atom is 0.192 e. The molecule has 104 valence electrons. The summed E-state index contributed by atoms with van der Waals surface area (Å²) in [6.45, 7) is 4.40. The summed E-state index contributed by atoms with van der Waals surface area (Å²) in [4.78, 5) is 0. The van der Waals surface area contributed by atoms with Gasteiger partial charge in [-0.2, -0.15) is 0 Å². The van der Waals surface area contributed by atoms with Crippen LogP contribution in [0.15, 0.2) is 24.3 Å². The summed E-state index contributed by atoms with van der Waals surface area (Å²) in [7, 11) is 0.